The fraction of sp³-hybridized carbons (Fsp3) is 0.273. The molecular weight excluding hydrogens is 320 g/mol. The maximum absolute atomic E-state index is 12.1. The molecule has 0 aliphatic heterocycles. The molecule has 114 valence electrons. The van der Waals surface area contributed by atoms with Crippen molar-refractivity contribution in [3.63, 3.8) is 0 Å². The van der Waals surface area contributed by atoms with E-state index in [1.165, 1.54) is 12.4 Å². The molecule has 0 spiro atoms. The molecule has 0 atom stereocenters. The van der Waals surface area contributed by atoms with E-state index in [-0.39, 0.29) is 9.92 Å². The molecule has 8 nitrogen and oxygen atoms in total. The topological polar surface area (TPSA) is 106 Å². The van der Waals surface area contributed by atoms with E-state index in [0.717, 1.165) is 12.3 Å². The van der Waals surface area contributed by atoms with Crippen LogP contribution in [0.15, 0.2) is 34.3 Å². The minimum Gasteiger partial charge on any atom is -0.383 e. The molecule has 0 bridgehead atoms. The lowest BCUT2D eigenvalue weighted by Gasteiger charge is -2.05. The molecule has 0 saturated carbocycles. The Balaban J connectivity index is 2.18. The Bertz CT molecular complexity index is 784. The van der Waals surface area contributed by atoms with Crippen LogP contribution >= 0.6 is 11.6 Å². The number of halogens is 1. The first-order valence-electron chi connectivity index (χ1n) is 5.85. The first-order chi connectivity index (χ1) is 9.92. The van der Waals surface area contributed by atoms with Crippen LogP contribution in [-0.4, -0.2) is 36.9 Å². The first-order valence-corrected chi connectivity index (χ1v) is 7.71. The number of hydrogen-bond donors (Lipinski definition) is 2. The van der Waals surface area contributed by atoms with Gasteiger partial charge >= 0.3 is 0 Å². The average molecular weight is 333 g/mol. The van der Waals surface area contributed by atoms with Crippen LogP contribution in [0.1, 0.15) is 0 Å². The summed E-state index contributed by atoms with van der Waals surface area (Å²) < 4.78 is 33.1. The van der Waals surface area contributed by atoms with Crippen molar-refractivity contribution in [2.45, 2.75) is 11.4 Å². The second kappa shape index (κ2) is 6.29. The SMILES string of the molecule is COCCn1cc(NS(=O)(=O)c2c[nH]c(=O)c(Cl)c2)cn1. The number of rotatable bonds is 6. The molecule has 0 radical (unpaired) electrons. The molecule has 0 aromatic carbocycles. The van der Waals surface area contributed by atoms with Gasteiger partial charge in [0.2, 0.25) is 0 Å². The molecule has 2 heterocycles. The predicted molar refractivity (Wildman–Crippen MR) is 77.0 cm³/mol. The number of methoxy groups -OCH3 is 1. The summed E-state index contributed by atoms with van der Waals surface area (Å²) >= 11 is 5.62. The van der Waals surface area contributed by atoms with Gasteiger partial charge in [-0.1, -0.05) is 11.6 Å². The van der Waals surface area contributed by atoms with Crippen molar-refractivity contribution in [3.05, 3.63) is 40.0 Å². The second-order valence-electron chi connectivity index (χ2n) is 4.10. The molecule has 0 unspecified atom stereocenters. The molecule has 2 aromatic heterocycles. The lowest BCUT2D eigenvalue weighted by atomic mass is 10.5. The number of ether oxygens (including phenoxy) is 1. The number of H-pyrrole nitrogens is 1. The van der Waals surface area contributed by atoms with Gasteiger partial charge in [0.25, 0.3) is 15.6 Å². The molecule has 0 aliphatic rings. The molecule has 2 N–H and O–H groups in total. The maximum atomic E-state index is 12.1. The minimum atomic E-state index is -3.85. The second-order valence-corrected chi connectivity index (χ2v) is 6.19. The number of hydrogen-bond acceptors (Lipinski definition) is 5. The summed E-state index contributed by atoms with van der Waals surface area (Å²) in [4.78, 5) is 13.2. The number of nitrogens with one attached hydrogen (secondary N) is 2. The van der Waals surface area contributed by atoms with Gasteiger partial charge in [-0.25, -0.2) is 8.42 Å². The third-order valence-electron chi connectivity index (χ3n) is 2.55. The smallest absolute Gasteiger partial charge is 0.266 e. The van der Waals surface area contributed by atoms with Crippen molar-refractivity contribution in [1.29, 1.82) is 0 Å². The van der Waals surface area contributed by atoms with Gasteiger partial charge in [0, 0.05) is 19.5 Å². The Morgan fingerprint density at radius 1 is 1.52 bits per heavy atom. The fourth-order valence-electron chi connectivity index (χ4n) is 1.53. The lowest BCUT2D eigenvalue weighted by molar-refractivity contribution is 0.183. The quantitative estimate of drug-likeness (QED) is 0.808. The monoisotopic (exact) mass is 332 g/mol. The Hall–Kier alpha value is -1.84. The molecule has 21 heavy (non-hydrogen) atoms. The summed E-state index contributed by atoms with van der Waals surface area (Å²) in [6.45, 7) is 0.964. The largest absolute Gasteiger partial charge is 0.383 e. The van der Waals surface area contributed by atoms with Crippen LogP contribution in [0, 0.1) is 0 Å². The van der Waals surface area contributed by atoms with Crippen molar-refractivity contribution in [2.24, 2.45) is 0 Å². The van der Waals surface area contributed by atoms with Gasteiger partial charge in [-0.05, 0) is 6.07 Å². The van der Waals surface area contributed by atoms with E-state index in [1.54, 1.807) is 11.8 Å². The Morgan fingerprint density at radius 2 is 2.29 bits per heavy atom. The van der Waals surface area contributed by atoms with Crippen molar-refractivity contribution >= 4 is 27.3 Å². The van der Waals surface area contributed by atoms with Crippen LogP contribution in [-0.2, 0) is 21.3 Å². The van der Waals surface area contributed by atoms with E-state index >= 15 is 0 Å². The van der Waals surface area contributed by atoms with Crippen molar-refractivity contribution in [2.75, 3.05) is 18.4 Å². The molecule has 2 rings (SSSR count). The van der Waals surface area contributed by atoms with Crippen molar-refractivity contribution < 1.29 is 13.2 Å². The highest BCUT2D eigenvalue weighted by Gasteiger charge is 2.16. The summed E-state index contributed by atoms with van der Waals surface area (Å²) in [5.41, 5.74) is -0.253. The molecule has 0 amide bonds. The molecule has 10 heteroatoms. The highest BCUT2D eigenvalue weighted by molar-refractivity contribution is 7.92. The van der Waals surface area contributed by atoms with Gasteiger partial charge in [-0.15, -0.1) is 0 Å². The number of pyridine rings is 1. The number of aromatic nitrogens is 3. The van der Waals surface area contributed by atoms with Gasteiger partial charge < -0.3 is 9.72 Å². The van der Waals surface area contributed by atoms with Crippen LogP contribution in [0.25, 0.3) is 0 Å². The van der Waals surface area contributed by atoms with Crippen LogP contribution in [0.2, 0.25) is 5.02 Å². The third-order valence-corrected chi connectivity index (χ3v) is 4.19. The van der Waals surface area contributed by atoms with E-state index in [2.05, 4.69) is 14.8 Å². The Morgan fingerprint density at radius 3 is 2.95 bits per heavy atom. The molecule has 2 aromatic rings. The average Bonchev–Trinajstić information content (AvgIpc) is 2.86. The molecule has 0 fully saturated rings. The van der Waals surface area contributed by atoms with E-state index in [1.807, 2.05) is 0 Å². The van der Waals surface area contributed by atoms with Gasteiger partial charge in [0.05, 0.1) is 25.0 Å². The van der Waals surface area contributed by atoms with E-state index in [4.69, 9.17) is 16.3 Å². The van der Waals surface area contributed by atoms with Gasteiger partial charge in [0.15, 0.2) is 0 Å². The summed E-state index contributed by atoms with van der Waals surface area (Å²) in [7, 11) is -2.29. The Kier molecular flexibility index (Phi) is 4.66. The van der Waals surface area contributed by atoms with Crippen LogP contribution in [0.3, 0.4) is 0 Å². The number of anilines is 1. The third kappa shape index (κ3) is 3.84. The van der Waals surface area contributed by atoms with E-state index in [9.17, 15) is 13.2 Å². The van der Waals surface area contributed by atoms with Crippen LogP contribution in [0.4, 0.5) is 5.69 Å². The summed E-state index contributed by atoms with van der Waals surface area (Å²) in [5.74, 6) is 0. The van der Waals surface area contributed by atoms with Gasteiger partial charge in [0.1, 0.15) is 9.92 Å². The van der Waals surface area contributed by atoms with Crippen LogP contribution in [0.5, 0.6) is 0 Å². The van der Waals surface area contributed by atoms with Crippen molar-refractivity contribution in [1.82, 2.24) is 14.8 Å². The zero-order valence-corrected chi connectivity index (χ0v) is 12.6. The summed E-state index contributed by atoms with van der Waals surface area (Å²) in [5, 5.41) is 3.79. The fourth-order valence-corrected chi connectivity index (χ4v) is 2.79. The standard InChI is InChI=1S/C11H13ClN4O4S/c1-20-3-2-16-7-8(5-14-16)15-21(18,19)9-4-10(12)11(17)13-6-9/h4-7,15H,2-3H2,1H3,(H,13,17). The van der Waals surface area contributed by atoms with E-state index < -0.39 is 15.6 Å². The minimum absolute atomic E-state index is 0.142. The lowest BCUT2D eigenvalue weighted by Crippen LogP contribution is -2.15. The Labute approximate surface area is 125 Å². The van der Waals surface area contributed by atoms with Crippen molar-refractivity contribution in [3.8, 4) is 0 Å². The van der Waals surface area contributed by atoms with Crippen LogP contribution < -0.4 is 10.3 Å². The highest BCUT2D eigenvalue weighted by atomic mass is 35.5. The highest BCUT2D eigenvalue weighted by Crippen LogP contribution is 2.16. The number of sulfonamides is 1. The normalized spacial score (nSPS) is 11.5. The zero-order valence-electron chi connectivity index (χ0n) is 11.0. The van der Waals surface area contributed by atoms with E-state index in [0.29, 0.717) is 18.8 Å². The number of aromatic amines is 1. The molecule has 0 saturated heterocycles. The van der Waals surface area contributed by atoms with Gasteiger partial charge in [-0.3, -0.25) is 14.2 Å². The number of nitrogens with zero attached hydrogens (tertiary/aromatic N) is 2. The maximum Gasteiger partial charge on any atom is 0.266 e. The predicted octanol–water partition coefficient (Wildman–Crippen LogP) is 0.672. The zero-order chi connectivity index (χ0) is 15.5. The first kappa shape index (κ1) is 15.5. The molecular formula is C11H13ClN4O4S. The van der Waals surface area contributed by atoms with Gasteiger partial charge in [-0.2, -0.15) is 5.10 Å². The molecule has 0 aliphatic carbocycles. The summed E-state index contributed by atoms with van der Waals surface area (Å²) in [6, 6.07) is 1.08. The summed E-state index contributed by atoms with van der Waals surface area (Å²) in [6.07, 6.45) is 3.98.